The first-order valence-electron chi connectivity index (χ1n) is 25.3. The highest BCUT2D eigenvalue weighted by Crippen LogP contribution is 2.49. The van der Waals surface area contributed by atoms with E-state index in [1.54, 1.807) is 12.1 Å². The van der Waals surface area contributed by atoms with Crippen molar-refractivity contribution in [3.8, 4) is 11.5 Å². The highest BCUT2D eigenvalue weighted by molar-refractivity contribution is 6.60. The van der Waals surface area contributed by atoms with Gasteiger partial charge in [0.2, 0.25) is 5.36 Å². The Bertz CT molecular complexity index is 2510. The van der Waals surface area contributed by atoms with Gasteiger partial charge in [-0.1, -0.05) is 19.4 Å². The number of unbranched alkanes of at least 4 members (excludes halogenated alkanes) is 1. The molecule has 17 heteroatoms. The Kier molecular flexibility index (Phi) is 16.9. The van der Waals surface area contributed by atoms with Crippen molar-refractivity contribution in [3.05, 3.63) is 85.4 Å². The summed E-state index contributed by atoms with van der Waals surface area (Å²) in [5.41, 5.74) is 8.88. The third-order valence-corrected chi connectivity index (χ3v) is 16.5. The van der Waals surface area contributed by atoms with Crippen molar-refractivity contribution >= 4 is 44.2 Å². The first-order valence-corrected chi connectivity index (χ1v) is 27.3. The minimum atomic E-state index is -2.85. The lowest BCUT2D eigenvalue weighted by Crippen LogP contribution is -2.46. The molecular formula is C52H69N4O12Si+. The molecule has 0 fully saturated rings. The number of aryl methyl sites for hydroxylation is 2. The molecule has 3 aromatic carbocycles. The molecule has 372 valence electrons. The van der Waals surface area contributed by atoms with Gasteiger partial charge in [0.05, 0.1) is 16.7 Å². The highest BCUT2D eigenvalue weighted by atomic mass is 28.4. The summed E-state index contributed by atoms with van der Waals surface area (Å²) in [4.78, 5) is 55.6. The molecule has 5 heterocycles. The van der Waals surface area contributed by atoms with Gasteiger partial charge in [0.25, 0.3) is 0 Å². The normalized spacial score (nSPS) is 15.4. The summed E-state index contributed by atoms with van der Waals surface area (Å²) >= 11 is 0. The number of amides is 2. The van der Waals surface area contributed by atoms with Crippen LogP contribution in [0, 0.1) is 0 Å². The van der Waals surface area contributed by atoms with Crippen LogP contribution in [0.1, 0.15) is 127 Å². The fourth-order valence-corrected chi connectivity index (χ4v) is 13.1. The summed E-state index contributed by atoms with van der Waals surface area (Å²) in [7, 11) is -2.85. The number of hydrogen-bond acceptors (Lipinski definition) is 13. The summed E-state index contributed by atoms with van der Waals surface area (Å²) in [6.07, 6.45) is 8.84. The van der Waals surface area contributed by atoms with Crippen LogP contribution in [0.4, 0.5) is 15.3 Å². The number of hydrogen-bond donors (Lipinski definition) is 2. The predicted octanol–water partition coefficient (Wildman–Crippen LogP) is 6.13. The van der Waals surface area contributed by atoms with Crippen LogP contribution in [-0.4, -0.2) is 118 Å². The zero-order valence-electron chi connectivity index (χ0n) is 40.9. The Hall–Kier alpha value is -5.49. The first kappa shape index (κ1) is 49.9. The molecule has 69 heavy (non-hydrogen) atoms. The highest BCUT2D eigenvalue weighted by Gasteiger charge is 2.40. The molecular weight excluding hydrogens is 901 g/mol. The minimum absolute atomic E-state index is 0.118. The van der Waals surface area contributed by atoms with Gasteiger partial charge in [-0.05, 0) is 108 Å². The summed E-state index contributed by atoms with van der Waals surface area (Å²) in [6.45, 7) is 13.2. The fraction of sp³-hybridized carbons (Fsp3) is 0.558. The number of anilines is 1. The van der Waals surface area contributed by atoms with Crippen molar-refractivity contribution in [2.24, 2.45) is 0 Å². The van der Waals surface area contributed by atoms with Crippen LogP contribution in [-0.2, 0) is 57.9 Å². The smallest absolute Gasteiger partial charge is 0.458 e. The maximum atomic E-state index is 14.5. The SMILES string of the molecule is CCCCNC(=O)OCCOC(=O)c1cc(C(=O)OCCOC(=O)NCCC[Si](OCC)(OCC)OCC)ccc1C1=c2cc3c4c(c2Oc2c1cc1c5c2CCCN5CCC1)CCC[N+]=4CCC3. The van der Waals surface area contributed by atoms with Gasteiger partial charge in [-0.3, -0.25) is 0 Å². The van der Waals surface area contributed by atoms with Gasteiger partial charge in [0.1, 0.15) is 51.0 Å². The number of ether oxygens (including phenoxy) is 5. The van der Waals surface area contributed by atoms with E-state index in [4.69, 9.17) is 37.0 Å². The molecule has 8 rings (SSSR count). The lowest BCUT2D eigenvalue weighted by atomic mass is 9.81. The molecule has 0 atom stereocenters. The number of rotatable bonds is 22. The summed E-state index contributed by atoms with van der Waals surface area (Å²) in [5, 5.41) is 7.63. The zero-order chi connectivity index (χ0) is 48.3. The monoisotopic (exact) mass is 969 g/mol. The maximum absolute atomic E-state index is 14.5. The van der Waals surface area contributed by atoms with Gasteiger partial charge in [0, 0.05) is 98.1 Å². The first-order chi connectivity index (χ1) is 33.7. The van der Waals surface area contributed by atoms with Crippen molar-refractivity contribution in [3.63, 3.8) is 0 Å². The average molecular weight is 970 g/mol. The molecule has 0 saturated carbocycles. The van der Waals surface area contributed by atoms with Crippen LogP contribution in [0.25, 0.3) is 5.57 Å². The zero-order valence-corrected chi connectivity index (χ0v) is 41.9. The molecule has 0 bridgehead atoms. The Morgan fingerprint density at radius 3 is 1.99 bits per heavy atom. The lowest BCUT2D eigenvalue weighted by molar-refractivity contribution is 0.0395. The van der Waals surface area contributed by atoms with E-state index in [1.165, 1.54) is 39.4 Å². The van der Waals surface area contributed by atoms with E-state index in [0.29, 0.717) is 50.9 Å². The van der Waals surface area contributed by atoms with Crippen LogP contribution >= 0.6 is 0 Å². The van der Waals surface area contributed by atoms with E-state index in [0.717, 1.165) is 118 Å². The molecule has 0 unspecified atom stereocenters. The van der Waals surface area contributed by atoms with E-state index in [-0.39, 0.29) is 37.6 Å². The molecule has 0 saturated heterocycles. The molecule has 5 aliphatic rings. The standard InChI is InChI=1S/C52H68N4O12Si/c1-5-9-21-53-51(59)64-30-28-62-50(58)41-34-37(49(57)61-27-29-63-52(60)54-22-14-31-69(65-6-2,66-7-3)67-8-4)19-20-38(41)44-42-32-35-15-10-23-55-25-12-17-39(45(35)55)47(42)68-48-40-18-13-26-56-24-11-16-36(46(40)56)33-43(44)48/h19-20,32-34H,5-18,21-31H2,1-4H3,(H-,53,54,59,60)/p+1. The fourth-order valence-electron chi connectivity index (χ4n) is 10.5. The molecule has 2 N–H and O–H groups in total. The summed E-state index contributed by atoms with van der Waals surface area (Å²) in [5.74, 6) is 0.276. The van der Waals surface area contributed by atoms with Crippen LogP contribution in [0.2, 0.25) is 6.04 Å². The lowest BCUT2D eigenvalue weighted by Gasteiger charge is -2.39. The third kappa shape index (κ3) is 11.3. The molecule has 0 aromatic heterocycles. The van der Waals surface area contributed by atoms with Crippen molar-refractivity contribution in [1.29, 1.82) is 0 Å². The van der Waals surface area contributed by atoms with E-state index < -0.39 is 32.9 Å². The molecule has 16 nitrogen and oxygen atoms in total. The summed E-state index contributed by atoms with van der Waals surface area (Å²) in [6, 6.07) is 10.0. The average Bonchev–Trinajstić information content (AvgIpc) is 3.35. The molecule has 3 aromatic rings. The van der Waals surface area contributed by atoms with Crippen LogP contribution in [0.15, 0.2) is 30.3 Å². The Balaban J connectivity index is 1.08. The number of benzene rings is 3. The second kappa shape index (κ2) is 23.4. The Morgan fingerprint density at radius 2 is 1.29 bits per heavy atom. The summed E-state index contributed by atoms with van der Waals surface area (Å²) < 4.78 is 49.5. The Labute approximate surface area is 406 Å². The number of carbonyl (C=O) groups excluding carboxylic acids is 4. The van der Waals surface area contributed by atoms with Crippen molar-refractivity contribution < 1.29 is 56.1 Å². The van der Waals surface area contributed by atoms with E-state index in [9.17, 15) is 19.2 Å². The molecule has 2 amide bonds. The molecule has 0 radical (unpaired) electrons. The van der Waals surface area contributed by atoms with E-state index >= 15 is 0 Å². The second-order valence-electron chi connectivity index (χ2n) is 17.9. The number of nitrogens with zero attached hydrogens (tertiary/aromatic N) is 2. The van der Waals surface area contributed by atoms with Gasteiger partial charge in [-0.25, -0.2) is 23.8 Å². The molecule has 0 aliphatic carbocycles. The minimum Gasteiger partial charge on any atom is -0.458 e. The Morgan fingerprint density at radius 1 is 0.667 bits per heavy atom. The second-order valence-corrected chi connectivity index (χ2v) is 20.7. The van der Waals surface area contributed by atoms with Gasteiger partial charge < -0.3 is 52.5 Å². The van der Waals surface area contributed by atoms with Crippen LogP contribution < -0.4 is 35.4 Å². The van der Waals surface area contributed by atoms with Gasteiger partial charge in [0.15, 0.2) is 0 Å². The predicted molar refractivity (Wildman–Crippen MR) is 261 cm³/mol. The van der Waals surface area contributed by atoms with E-state index in [1.807, 2.05) is 27.7 Å². The number of esters is 2. The number of carbonyl (C=O) groups is 4. The maximum Gasteiger partial charge on any atom is 0.500 e. The molecule has 0 spiro atoms. The van der Waals surface area contributed by atoms with Crippen LogP contribution in [0.3, 0.4) is 0 Å². The quantitative estimate of drug-likeness (QED) is 0.0304. The third-order valence-electron chi connectivity index (χ3n) is 13.4. The molecule has 5 aliphatic heterocycles. The largest absolute Gasteiger partial charge is 0.500 e. The number of nitrogens with one attached hydrogen (secondary N) is 2. The van der Waals surface area contributed by atoms with Gasteiger partial charge >= 0.3 is 32.9 Å². The van der Waals surface area contributed by atoms with Crippen molar-refractivity contribution in [2.75, 3.05) is 90.4 Å². The number of alkyl carbamates (subject to hydrolysis) is 2. The van der Waals surface area contributed by atoms with Crippen molar-refractivity contribution in [2.45, 2.75) is 104 Å². The van der Waals surface area contributed by atoms with Gasteiger partial charge in [-0.15, -0.1) is 0 Å². The topological polar surface area (TPSA) is 172 Å². The number of fused-ring (bicyclic) bond motifs is 4. The van der Waals surface area contributed by atoms with Crippen LogP contribution in [0.5, 0.6) is 11.5 Å². The van der Waals surface area contributed by atoms with Crippen molar-refractivity contribution in [1.82, 2.24) is 15.2 Å². The van der Waals surface area contributed by atoms with Gasteiger partial charge in [-0.2, -0.15) is 0 Å². The van der Waals surface area contributed by atoms with E-state index in [2.05, 4.69) is 32.2 Å².